The van der Waals surface area contributed by atoms with Crippen molar-refractivity contribution in [3.63, 3.8) is 0 Å². The standard InChI is InChI=1S/C25H25ClN4O2/c26-21-11-20(12-27-13-21)17-1-3-18(4-2-17)22-28-25(8-9-25)24(32)30(22)15-16-7-10-29(14-16)23(31)19-5-6-19/h1-4,11-13,16,19H,5-10,14-15H2. The Hall–Kier alpha value is -2.73. The monoisotopic (exact) mass is 448 g/mol. The number of hydrogen-bond donors (Lipinski definition) is 0. The molecular formula is C25H25ClN4O2. The van der Waals surface area contributed by atoms with E-state index in [9.17, 15) is 9.59 Å². The number of benzene rings is 1. The number of hydrogen-bond acceptors (Lipinski definition) is 4. The lowest BCUT2D eigenvalue weighted by Crippen LogP contribution is -2.40. The van der Waals surface area contributed by atoms with Crippen LogP contribution in [0.5, 0.6) is 0 Å². The molecule has 2 saturated carbocycles. The van der Waals surface area contributed by atoms with E-state index in [2.05, 4.69) is 4.98 Å². The maximum atomic E-state index is 13.2. The first-order valence-electron chi connectivity index (χ1n) is 11.4. The van der Waals surface area contributed by atoms with E-state index in [1.807, 2.05) is 40.1 Å². The summed E-state index contributed by atoms with van der Waals surface area (Å²) in [4.78, 5) is 38.6. The zero-order chi connectivity index (χ0) is 21.9. The topological polar surface area (TPSA) is 65.9 Å². The predicted octanol–water partition coefficient (Wildman–Crippen LogP) is 3.78. The largest absolute Gasteiger partial charge is 0.342 e. The second kappa shape index (κ2) is 7.41. The summed E-state index contributed by atoms with van der Waals surface area (Å²) in [5.41, 5.74) is 2.39. The van der Waals surface area contributed by atoms with Gasteiger partial charge in [-0.25, -0.2) is 0 Å². The van der Waals surface area contributed by atoms with Crippen LogP contribution in [0.4, 0.5) is 0 Å². The van der Waals surface area contributed by atoms with Crippen molar-refractivity contribution in [3.8, 4) is 11.1 Å². The van der Waals surface area contributed by atoms with Gasteiger partial charge < -0.3 is 4.90 Å². The fourth-order valence-electron chi connectivity index (χ4n) is 4.90. The fraction of sp³-hybridized carbons (Fsp3) is 0.440. The van der Waals surface area contributed by atoms with Crippen molar-refractivity contribution < 1.29 is 9.59 Å². The van der Waals surface area contributed by atoms with E-state index in [4.69, 9.17) is 16.6 Å². The van der Waals surface area contributed by atoms with Crippen LogP contribution in [0.15, 0.2) is 47.7 Å². The molecule has 2 aliphatic heterocycles. The number of aromatic nitrogens is 1. The first-order chi connectivity index (χ1) is 15.5. The molecule has 164 valence electrons. The summed E-state index contributed by atoms with van der Waals surface area (Å²) >= 11 is 6.08. The van der Waals surface area contributed by atoms with Crippen molar-refractivity contribution in [1.82, 2.24) is 14.8 Å². The second-order valence-corrected chi connectivity index (χ2v) is 10.0. The minimum atomic E-state index is -0.535. The van der Waals surface area contributed by atoms with E-state index < -0.39 is 5.54 Å². The van der Waals surface area contributed by atoms with Crippen LogP contribution in [0.1, 0.15) is 37.7 Å². The molecule has 7 heteroatoms. The summed E-state index contributed by atoms with van der Waals surface area (Å²) in [6, 6.07) is 9.98. The van der Waals surface area contributed by atoms with Crippen LogP contribution < -0.4 is 0 Å². The molecule has 2 aliphatic carbocycles. The van der Waals surface area contributed by atoms with Crippen molar-refractivity contribution >= 4 is 29.3 Å². The maximum absolute atomic E-state index is 13.2. The lowest BCUT2D eigenvalue weighted by molar-refractivity contribution is -0.131. The molecule has 2 amide bonds. The molecule has 4 aliphatic rings. The van der Waals surface area contributed by atoms with Crippen LogP contribution >= 0.6 is 11.6 Å². The molecule has 32 heavy (non-hydrogen) atoms. The van der Waals surface area contributed by atoms with Gasteiger partial charge in [0.2, 0.25) is 5.91 Å². The molecule has 0 radical (unpaired) electrons. The third-order valence-electron chi connectivity index (χ3n) is 7.09. The molecule has 1 atom stereocenters. The Labute approximate surface area is 192 Å². The van der Waals surface area contributed by atoms with Crippen molar-refractivity contribution in [2.24, 2.45) is 16.8 Å². The van der Waals surface area contributed by atoms with Crippen LogP contribution in [0.25, 0.3) is 11.1 Å². The maximum Gasteiger partial charge on any atom is 0.256 e. The van der Waals surface area contributed by atoms with Crippen molar-refractivity contribution in [1.29, 1.82) is 0 Å². The third kappa shape index (κ3) is 3.51. The predicted molar refractivity (Wildman–Crippen MR) is 122 cm³/mol. The minimum Gasteiger partial charge on any atom is -0.342 e. The van der Waals surface area contributed by atoms with Crippen LogP contribution in [0.2, 0.25) is 5.02 Å². The highest BCUT2D eigenvalue weighted by molar-refractivity contribution is 6.30. The van der Waals surface area contributed by atoms with Gasteiger partial charge in [0.05, 0.1) is 5.02 Å². The van der Waals surface area contributed by atoms with Crippen LogP contribution in [0, 0.1) is 11.8 Å². The Balaban J connectivity index is 1.21. The molecular weight excluding hydrogens is 424 g/mol. The average Bonchev–Trinajstić information content (AvgIpc) is 3.72. The molecule has 0 bridgehead atoms. The molecule has 1 aromatic heterocycles. The number of carbonyl (C=O) groups is 2. The van der Waals surface area contributed by atoms with E-state index >= 15 is 0 Å². The van der Waals surface area contributed by atoms with Crippen LogP contribution in [-0.4, -0.2) is 57.6 Å². The summed E-state index contributed by atoms with van der Waals surface area (Å²) in [7, 11) is 0. The number of pyridine rings is 1. The van der Waals surface area contributed by atoms with E-state index in [1.54, 1.807) is 12.4 Å². The summed E-state index contributed by atoms with van der Waals surface area (Å²) < 4.78 is 0. The van der Waals surface area contributed by atoms with E-state index in [0.29, 0.717) is 23.4 Å². The Kier molecular flexibility index (Phi) is 4.61. The molecule has 6 rings (SSSR count). The molecule has 1 unspecified atom stereocenters. The Morgan fingerprint density at radius 1 is 1.06 bits per heavy atom. The molecule has 0 N–H and O–H groups in total. The van der Waals surface area contributed by atoms with E-state index in [-0.39, 0.29) is 11.8 Å². The van der Waals surface area contributed by atoms with E-state index in [0.717, 1.165) is 67.7 Å². The average molecular weight is 449 g/mol. The highest BCUT2D eigenvalue weighted by atomic mass is 35.5. The van der Waals surface area contributed by atoms with Gasteiger partial charge in [-0.05, 0) is 49.7 Å². The zero-order valence-corrected chi connectivity index (χ0v) is 18.6. The zero-order valence-electron chi connectivity index (χ0n) is 17.8. The van der Waals surface area contributed by atoms with Gasteiger partial charge in [-0.2, -0.15) is 0 Å². The molecule has 1 saturated heterocycles. The lowest BCUT2D eigenvalue weighted by atomic mass is 10.0. The number of halogens is 1. The molecule has 3 fully saturated rings. The number of nitrogens with zero attached hydrogens (tertiary/aromatic N) is 4. The third-order valence-corrected chi connectivity index (χ3v) is 7.30. The molecule has 1 spiro atoms. The van der Waals surface area contributed by atoms with Gasteiger partial charge in [-0.15, -0.1) is 0 Å². The molecule has 6 nitrogen and oxygen atoms in total. The van der Waals surface area contributed by atoms with Gasteiger partial charge in [-0.3, -0.25) is 24.5 Å². The van der Waals surface area contributed by atoms with Crippen LogP contribution in [0.3, 0.4) is 0 Å². The Morgan fingerprint density at radius 3 is 2.50 bits per heavy atom. The molecule has 1 aromatic carbocycles. The number of amidine groups is 1. The second-order valence-electron chi connectivity index (χ2n) is 9.57. The quantitative estimate of drug-likeness (QED) is 0.699. The number of aliphatic imine (C=N–C) groups is 1. The summed E-state index contributed by atoms with van der Waals surface area (Å²) in [5, 5.41) is 0.602. The van der Waals surface area contributed by atoms with Crippen LogP contribution in [-0.2, 0) is 9.59 Å². The van der Waals surface area contributed by atoms with Crippen molar-refractivity contribution in [2.45, 2.75) is 37.6 Å². The number of rotatable bonds is 5. The Bertz CT molecular complexity index is 1120. The van der Waals surface area contributed by atoms with Gasteiger partial charge in [0, 0.05) is 49.1 Å². The van der Waals surface area contributed by atoms with Gasteiger partial charge >= 0.3 is 0 Å². The number of amides is 2. The highest BCUT2D eigenvalue weighted by Crippen LogP contribution is 2.46. The van der Waals surface area contributed by atoms with Crippen molar-refractivity contribution in [2.75, 3.05) is 19.6 Å². The first-order valence-corrected chi connectivity index (χ1v) is 11.8. The van der Waals surface area contributed by atoms with Gasteiger partial charge in [0.25, 0.3) is 5.91 Å². The van der Waals surface area contributed by atoms with E-state index in [1.165, 1.54) is 0 Å². The highest BCUT2D eigenvalue weighted by Gasteiger charge is 2.57. The normalized spacial score (nSPS) is 23.7. The Morgan fingerprint density at radius 2 is 1.81 bits per heavy atom. The summed E-state index contributed by atoms with van der Waals surface area (Å²) in [5.74, 6) is 1.76. The number of likely N-dealkylation sites (tertiary alicyclic amines) is 1. The van der Waals surface area contributed by atoms with Gasteiger partial charge in [0.1, 0.15) is 11.4 Å². The first kappa shape index (κ1) is 19.9. The van der Waals surface area contributed by atoms with Gasteiger partial charge in [0.15, 0.2) is 0 Å². The lowest BCUT2D eigenvalue weighted by Gasteiger charge is -2.23. The molecule has 3 heterocycles. The summed E-state index contributed by atoms with van der Waals surface area (Å²) in [6.07, 6.45) is 8.08. The van der Waals surface area contributed by atoms with Crippen molar-refractivity contribution in [3.05, 3.63) is 53.3 Å². The SMILES string of the molecule is O=C(C1CC1)N1CCC(CN2C(=O)C3(CC3)N=C2c2ccc(-c3cncc(Cl)c3)cc2)C1. The minimum absolute atomic E-state index is 0.127. The van der Waals surface area contributed by atoms with Gasteiger partial charge in [-0.1, -0.05) is 35.9 Å². The fourth-order valence-corrected chi connectivity index (χ4v) is 5.08. The smallest absolute Gasteiger partial charge is 0.256 e. The molecule has 2 aromatic rings. The summed E-state index contributed by atoms with van der Waals surface area (Å²) in [6.45, 7) is 2.19. The number of carbonyl (C=O) groups excluding carboxylic acids is 2.